The van der Waals surface area contributed by atoms with E-state index in [4.69, 9.17) is 11.6 Å². The molecule has 2 heterocycles. The first-order valence-corrected chi connectivity index (χ1v) is 5.12. The first-order valence-electron chi connectivity index (χ1n) is 4.74. The van der Waals surface area contributed by atoms with Gasteiger partial charge in [-0.05, 0) is 26.0 Å². The Labute approximate surface area is 92.9 Å². The van der Waals surface area contributed by atoms with Crippen LogP contribution in [0.25, 0.3) is 11.3 Å². The number of rotatable bonds is 2. The number of hydrogen-bond donors (Lipinski definition) is 0. The maximum absolute atomic E-state index is 5.74. The summed E-state index contributed by atoms with van der Waals surface area (Å²) in [5.74, 6) is 0. The minimum Gasteiger partial charge on any atom is -0.245 e. The van der Waals surface area contributed by atoms with Crippen molar-refractivity contribution >= 4 is 11.6 Å². The molecular formula is C10H11ClN4. The second-order valence-corrected chi connectivity index (χ2v) is 3.60. The fraction of sp³-hybridized carbons (Fsp3) is 0.300. The van der Waals surface area contributed by atoms with Gasteiger partial charge in [0.05, 0.1) is 11.4 Å². The predicted octanol–water partition coefficient (Wildman–Crippen LogP) is 2.32. The lowest BCUT2D eigenvalue weighted by molar-refractivity contribution is 0.632. The summed E-state index contributed by atoms with van der Waals surface area (Å²) in [4.78, 5) is 4.05. The van der Waals surface area contributed by atoms with Crippen molar-refractivity contribution in [2.75, 3.05) is 0 Å². The van der Waals surface area contributed by atoms with E-state index in [9.17, 15) is 0 Å². The monoisotopic (exact) mass is 222 g/mol. The average molecular weight is 223 g/mol. The van der Waals surface area contributed by atoms with E-state index in [0.717, 1.165) is 23.5 Å². The van der Waals surface area contributed by atoms with Gasteiger partial charge in [0.15, 0.2) is 0 Å². The topological polar surface area (TPSA) is 43.6 Å². The van der Waals surface area contributed by atoms with E-state index in [-0.39, 0.29) is 0 Å². The third-order valence-electron chi connectivity index (χ3n) is 2.20. The van der Waals surface area contributed by atoms with Gasteiger partial charge < -0.3 is 0 Å². The van der Waals surface area contributed by atoms with E-state index in [1.807, 2.05) is 24.6 Å². The highest BCUT2D eigenvalue weighted by molar-refractivity contribution is 6.29. The van der Waals surface area contributed by atoms with Crippen LogP contribution >= 0.6 is 11.6 Å². The molecule has 0 aliphatic rings. The maximum Gasteiger partial charge on any atom is 0.129 e. The molecule has 0 aliphatic carbocycles. The van der Waals surface area contributed by atoms with Gasteiger partial charge in [-0.25, -0.2) is 9.67 Å². The smallest absolute Gasteiger partial charge is 0.129 e. The Morgan fingerprint density at radius 3 is 2.80 bits per heavy atom. The van der Waals surface area contributed by atoms with Crippen molar-refractivity contribution < 1.29 is 0 Å². The maximum atomic E-state index is 5.74. The van der Waals surface area contributed by atoms with Crippen molar-refractivity contribution in [2.45, 2.75) is 20.4 Å². The lowest BCUT2D eigenvalue weighted by Crippen LogP contribution is -1.99. The molecule has 0 saturated carbocycles. The second kappa shape index (κ2) is 3.98. The third-order valence-corrected chi connectivity index (χ3v) is 2.43. The zero-order chi connectivity index (χ0) is 10.8. The van der Waals surface area contributed by atoms with Crippen LogP contribution in [0.2, 0.25) is 5.15 Å². The summed E-state index contributed by atoms with van der Waals surface area (Å²) in [6.07, 6.45) is 1.74. The molecule has 0 aromatic carbocycles. The molecule has 0 radical (unpaired) electrons. The van der Waals surface area contributed by atoms with Crippen LogP contribution in [0.3, 0.4) is 0 Å². The van der Waals surface area contributed by atoms with Gasteiger partial charge in [-0.3, -0.25) is 0 Å². The fourth-order valence-electron chi connectivity index (χ4n) is 1.50. The van der Waals surface area contributed by atoms with Crippen molar-refractivity contribution in [1.29, 1.82) is 0 Å². The van der Waals surface area contributed by atoms with Crippen LogP contribution < -0.4 is 0 Å². The van der Waals surface area contributed by atoms with Gasteiger partial charge in [-0.2, -0.15) is 0 Å². The van der Waals surface area contributed by atoms with Gasteiger partial charge >= 0.3 is 0 Å². The first kappa shape index (κ1) is 10.1. The fourth-order valence-corrected chi connectivity index (χ4v) is 1.61. The van der Waals surface area contributed by atoms with Crippen LogP contribution in [0.4, 0.5) is 0 Å². The lowest BCUT2D eigenvalue weighted by Gasteiger charge is -2.03. The van der Waals surface area contributed by atoms with Crippen LogP contribution in [0.15, 0.2) is 18.3 Å². The van der Waals surface area contributed by atoms with Gasteiger partial charge in [0, 0.05) is 18.3 Å². The van der Waals surface area contributed by atoms with Crippen LogP contribution in [0, 0.1) is 6.92 Å². The molecule has 5 heteroatoms. The summed E-state index contributed by atoms with van der Waals surface area (Å²) in [6, 6.07) is 3.69. The molecular weight excluding hydrogens is 212 g/mol. The minimum atomic E-state index is 0.493. The molecule has 0 saturated heterocycles. The average Bonchev–Trinajstić information content (AvgIpc) is 2.61. The van der Waals surface area contributed by atoms with Crippen molar-refractivity contribution in [3.63, 3.8) is 0 Å². The Bertz CT molecular complexity index is 461. The van der Waals surface area contributed by atoms with Gasteiger partial charge in [0.25, 0.3) is 0 Å². The molecule has 2 aromatic heterocycles. The lowest BCUT2D eigenvalue weighted by atomic mass is 10.2. The highest BCUT2D eigenvalue weighted by Crippen LogP contribution is 2.21. The quantitative estimate of drug-likeness (QED) is 0.733. The van der Waals surface area contributed by atoms with E-state index in [0.29, 0.717) is 5.15 Å². The first-order chi connectivity index (χ1) is 7.22. The van der Waals surface area contributed by atoms with Gasteiger partial charge in [-0.1, -0.05) is 16.8 Å². The van der Waals surface area contributed by atoms with Gasteiger partial charge in [0.1, 0.15) is 5.15 Å². The minimum absolute atomic E-state index is 0.493. The summed E-state index contributed by atoms with van der Waals surface area (Å²) < 4.78 is 1.85. The highest BCUT2D eigenvalue weighted by Gasteiger charge is 2.10. The summed E-state index contributed by atoms with van der Waals surface area (Å²) >= 11 is 5.74. The highest BCUT2D eigenvalue weighted by atomic mass is 35.5. The van der Waals surface area contributed by atoms with Crippen LogP contribution in [0.5, 0.6) is 0 Å². The Kier molecular flexibility index (Phi) is 2.68. The van der Waals surface area contributed by atoms with Gasteiger partial charge in [-0.15, -0.1) is 5.10 Å². The Morgan fingerprint density at radius 1 is 1.40 bits per heavy atom. The summed E-state index contributed by atoms with van der Waals surface area (Å²) in [5, 5.41) is 8.57. The van der Waals surface area contributed by atoms with Gasteiger partial charge in [0.2, 0.25) is 0 Å². The van der Waals surface area contributed by atoms with Crippen molar-refractivity contribution in [3.8, 4) is 11.3 Å². The zero-order valence-electron chi connectivity index (χ0n) is 8.61. The number of aromatic nitrogens is 4. The Balaban J connectivity index is 2.52. The Morgan fingerprint density at radius 2 is 2.20 bits per heavy atom. The van der Waals surface area contributed by atoms with Crippen LogP contribution in [0.1, 0.15) is 12.6 Å². The standard InChI is InChI=1S/C10H11ClN4/c1-3-15-10(7(2)13-14-15)8-4-5-9(11)12-6-8/h4-6H,3H2,1-2H3. The number of halogens is 1. The number of hydrogen-bond acceptors (Lipinski definition) is 3. The van der Waals surface area contributed by atoms with E-state index in [1.54, 1.807) is 12.3 Å². The number of aryl methyl sites for hydroxylation is 2. The van der Waals surface area contributed by atoms with Crippen molar-refractivity contribution in [1.82, 2.24) is 20.0 Å². The molecule has 2 aromatic rings. The normalized spacial score (nSPS) is 10.6. The zero-order valence-corrected chi connectivity index (χ0v) is 9.36. The summed E-state index contributed by atoms with van der Waals surface area (Å²) in [7, 11) is 0. The third kappa shape index (κ3) is 1.85. The SMILES string of the molecule is CCn1nnc(C)c1-c1ccc(Cl)nc1. The summed E-state index contributed by atoms with van der Waals surface area (Å²) in [5.41, 5.74) is 2.89. The molecule has 0 bridgehead atoms. The van der Waals surface area contributed by atoms with E-state index in [2.05, 4.69) is 15.3 Å². The molecule has 0 N–H and O–H groups in total. The van der Waals surface area contributed by atoms with Crippen molar-refractivity contribution in [3.05, 3.63) is 29.2 Å². The molecule has 78 valence electrons. The molecule has 0 amide bonds. The number of pyridine rings is 1. The van der Waals surface area contributed by atoms with E-state index >= 15 is 0 Å². The largest absolute Gasteiger partial charge is 0.245 e. The second-order valence-electron chi connectivity index (χ2n) is 3.21. The Hall–Kier alpha value is -1.42. The van der Waals surface area contributed by atoms with E-state index in [1.165, 1.54) is 0 Å². The summed E-state index contributed by atoms with van der Waals surface area (Å²) in [6.45, 7) is 4.75. The molecule has 0 atom stereocenters. The van der Waals surface area contributed by atoms with Crippen LogP contribution in [-0.4, -0.2) is 20.0 Å². The molecule has 4 nitrogen and oxygen atoms in total. The molecule has 0 fully saturated rings. The molecule has 15 heavy (non-hydrogen) atoms. The molecule has 0 spiro atoms. The van der Waals surface area contributed by atoms with Crippen molar-refractivity contribution in [2.24, 2.45) is 0 Å². The predicted molar refractivity (Wildman–Crippen MR) is 58.7 cm³/mol. The number of nitrogens with zero attached hydrogens (tertiary/aromatic N) is 4. The van der Waals surface area contributed by atoms with E-state index < -0.39 is 0 Å². The molecule has 0 unspecified atom stereocenters. The van der Waals surface area contributed by atoms with Crippen LogP contribution in [-0.2, 0) is 6.54 Å². The molecule has 0 aliphatic heterocycles. The molecule has 2 rings (SSSR count).